The average Bonchev–Trinajstić information content (AvgIpc) is 3.58. The summed E-state index contributed by atoms with van der Waals surface area (Å²) in [5, 5.41) is 17.3. The second kappa shape index (κ2) is 10.6. The molecule has 10 nitrogen and oxygen atoms in total. The van der Waals surface area contributed by atoms with Crippen LogP contribution in [0.1, 0.15) is 43.0 Å². The molecule has 194 valence electrons. The van der Waals surface area contributed by atoms with Gasteiger partial charge in [0.15, 0.2) is 5.76 Å². The molecule has 11 heteroatoms. The van der Waals surface area contributed by atoms with Gasteiger partial charge in [-0.1, -0.05) is 12.1 Å². The van der Waals surface area contributed by atoms with E-state index < -0.39 is 17.5 Å². The lowest BCUT2D eigenvalue weighted by molar-refractivity contribution is -0.128. The number of aryl methyl sites for hydroxylation is 2. The van der Waals surface area contributed by atoms with Crippen LogP contribution >= 0.6 is 11.3 Å². The number of methoxy groups -OCH3 is 1. The van der Waals surface area contributed by atoms with E-state index in [1.807, 2.05) is 64.3 Å². The van der Waals surface area contributed by atoms with E-state index in [1.54, 1.807) is 18.2 Å². The molecule has 0 saturated carbocycles. The summed E-state index contributed by atoms with van der Waals surface area (Å²) in [5.74, 6) is 1.16. The molecule has 2 amide bonds. The molecular formula is C26H30N6O4S. The molecule has 0 bridgehead atoms. The van der Waals surface area contributed by atoms with Crippen molar-refractivity contribution in [1.29, 1.82) is 0 Å². The summed E-state index contributed by atoms with van der Waals surface area (Å²) in [4.78, 5) is 31.1. The third kappa shape index (κ3) is 6.05. The van der Waals surface area contributed by atoms with Gasteiger partial charge in [-0.25, -0.2) is 0 Å². The average molecular weight is 523 g/mol. The molecule has 1 N–H and O–H groups in total. The van der Waals surface area contributed by atoms with Crippen molar-refractivity contribution in [3.63, 3.8) is 0 Å². The zero-order chi connectivity index (χ0) is 26.7. The summed E-state index contributed by atoms with van der Waals surface area (Å²) in [5.41, 5.74) is 0.864. The van der Waals surface area contributed by atoms with Crippen LogP contribution in [0, 0.1) is 13.8 Å². The number of rotatable bonds is 8. The van der Waals surface area contributed by atoms with E-state index in [-0.39, 0.29) is 18.3 Å². The lowest BCUT2D eigenvalue weighted by Crippen LogP contribution is -2.50. The van der Waals surface area contributed by atoms with Gasteiger partial charge >= 0.3 is 0 Å². The van der Waals surface area contributed by atoms with Crippen molar-refractivity contribution < 1.29 is 18.7 Å². The smallest absolute Gasteiger partial charge is 0.251 e. The number of tetrazole rings is 1. The highest BCUT2D eigenvalue weighted by Crippen LogP contribution is 2.37. The van der Waals surface area contributed by atoms with Crippen LogP contribution in [-0.2, 0) is 16.1 Å². The maximum absolute atomic E-state index is 14.0. The number of amides is 2. The molecule has 0 spiro atoms. The first-order valence-electron chi connectivity index (χ1n) is 11.7. The Hall–Kier alpha value is -3.99. The topological polar surface area (TPSA) is 115 Å². The molecule has 0 aliphatic carbocycles. The Morgan fingerprint density at radius 3 is 2.59 bits per heavy atom. The Bertz CT molecular complexity index is 1390. The molecule has 4 rings (SSSR count). The molecule has 37 heavy (non-hydrogen) atoms. The van der Waals surface area contributed by atoms with Crippen molar-refractivity contribution in [3.8, 4) is 17.3 Å². The minimum absolute atomic E-state index is 0.255. The van der Waals surface area contributed by atoms with Crippen LogP contribution in [0.5, 0.6) is 5.75 Å². The molecule has 4 aromatic rings. The quantitative estimate of drug-likeness (QED) is 0.367. The predicted molar refractivity (Wildman–Crippen MR) is 140 cm³/mol. The van der Waals surface area contributed by atoms with Gasteiger partial charge in [0.2, 0.25) is 11.7 Å². The van der Waals surface area contributed by atoms with Crippen LogP contribution in [0.4, 0.5) is 5.69 Å². The molecule has 3 aromatic heterocycles. The van der Waals surface area contributed by atoms with Gasteiger partial charge in [0.25, 0.3) is 5.91 Å². The van der Waals surface area contributed by atoms with E-state index in [0.717, 1.165) is 5.56 Å². The van der Waals surface area contributed by atoms with Crippen molar-refractivity contribution in [2.75, 3.05) is 12.0 Å². The normalized spacial score (nSPS) is 12.3. The van der Waals surface area contributed by atoms with Gasteiger partial charge in [0.05, 0.1) is 12.8 Å². The number of aromatic nitrogens is 4. The summed E-state index contributed by atoms with van der Waals surface area (Å²) >= 11 is 1.40. The molecule has 0 unspecified atom stereocenters. The molecular weight excluding hydrogens is 492 g/mol. The molecule has 1 aromatic carbocycles. The number of hydrogen-bond donors (Lipinski definition) is 1. The van der Waals surface area contributed by atoms with E-state index in [1.165, 1.54) is 28.1 Å². The number of hydrogen-bond acceptors (Lipinski definition) is 8. The van der Waals surface area contributed by atoms with Crippen molar-refractivity contribution in [1.82, 2.24) is 25.5 Å². The monoisotopic (exact) mass is 522 g/mol. The minimum atomic E-state index is -0.946. The van der Waals surface area contributed by atoms with E-state index in [2.05, 4.69) is 20.7 Å². The maximum Gasteiger partial charge on any atom is 0.251 e. The molecule has 0 radical (unpaired) electrons. The first-order chi connectivity index (χ1) is 17.6. The molecule has 3 heterocycles. The fourth-order valence-electron chi connectivity index (χ4n) is 3.82. The zero-order valence-electron chi connectivity index (χ0n) is 21.7. The molecule has 0 aliphatic rings. The molecule has 1 atom stereocenters. The van der Waals surface area contributed by atoms with Crippen molar-refractivity contribution in [3.05, 3.63) is 64.0 Å². The van der Waals surface area contributed by atoms with Crippen molar-refractivity contribution >= 4 is 28.8 Å². The Labute approximate surface area is 219 Å². The van der Waals surface area contributed by atoms with Gasteiger partial charge in [-0.15, -0.1) is 21.5 Å². The van der Waals surface area contributed by atoms with E-state index in [9.17, 15) is 9.59 Å². The Morgan fingerprint density at radius 1 is 1.19 bits per heavy atom. The molecule has 0 saturated heterocycles. The van der Waals surface area contributed by atoms with Gasteiger partial charge in [-0.05, 0) is 81.1 Å². The summed E-state index contributed by atoms with van der Waals surface area (Å²) in [6.45, 7) is 9.16. The number of benzene rings is 1. The second-order valence-corrected chi connectivity index (χ2v) is 10.6. The highest BCUT2D eigenvalue weighted by Gasteiger charge is 2.37. The van der Waals surface area contributed by atoms with E-state index in [4.69, 9.17) is 9.15 Å². The third-order valence-corrected chi connectivity index (χ3v) is 6.30. The van der Waals surface area contributed by atoms with Crippen LogP contribution in [0.3, 0.4) is 0 Å². The molecule has 0 fully saturated rings. The van der Waals surface area contributed by atoms with Crippen LogP contribution < -0.4 is 15.0 Å². The molecule has 0 aliphatic heterocycles. The van der Waals surface area contributed by atoms with Crippen LogP contribution in [0.15, 0.2) is 52.3 Å². The fraction of sp³-hybridized carbons (Fsp3) is 0.346. The Kier molecular flexibility index (Phi) is 7.44. The predicted octanol–water partition coefficient (Wildman–Crippen LogP) is 4.31. The largest absolute Gasteiger partial charge is 0.495 e. The zero-order valence-corrected chi connectivity index (χ0v) is 22.5. The number of furan rings is 1. The lowest BCUT2D eigenvalue weighted by Gasteiger charge is -2.33. The summed E-state index contributed by atoms with van der Waals surface area (Å²) in [7, 11) is 1.53. The SMILES string of the molecule is COc1ccc(C)cc1N(C(=O)Cn1nnc(-c2ccc(C)o2)n1)[C@H](C(=O)NC(C)(C)C)c1cccs1. The second-order valence-electron chi connectivity index (χ2n) is 9.65. The highest BCUT2D eigenvalue weighted by molar-refractivity contribution is 7.10. The van der Waals surface area contributed by atoms with Crippen molar-refractivity contribution in [2.45, 2.75) is 52.7 Å². The number of nitrogens with one attached hydrogen (secondary N) is 1. The lowest BCUT2D eigenvalue weighted by atomic mass is 10.1. The summed E-state index contributed by atoms with van der Waals surface area (Å²) in [6, 6.07) is 11.8. The van der Waals surface area contributed by atoms with Gasteiger partial charge in [0.1, 0.15) is 24.1 Å². The van der Waals surface area contributed by atoms with Gasteiger partial charge in [0, 0.05) is 10.4 Å². The number of carbonyl (C=O) groups excluding carboxylic acids is 2. The first kappa shape index (κ1) is 26.1. The highest BCUT2D eigenvalue weighted by atomic mass is 32.1. The fourth-order valence-corrected chi connectivity index (χ4v) is 4.64. The summed E-state index contributed by atoms with van der Waals surface area (Å²) in [6.07, 6.45) is 0. The Morgan fingerprint density at radius 2 is 1.97 bits per heavy atom. The third-order valence-electron chi connectivity index (χ3n) is 5.37. The first-order valence-corrected chi connectivity index (χ1v) is 12.6. The Balaban J connectivity index is 1.77. The number of ether oxygens (including phenoxy) is 1. The standard InChI is InChI=1S/C26H30N6O4S/c1-16-9-11-19(35-6)18(14-16)32(23(21-8-7-13-37-21)25(34)27-26(3,4)5)22(33)15-31-29-24(28-30-31)20-12-10-17(2)36-20/h7-14,23H,15H2,1-6H3,(H,27,34)/t23-/m0/s1. The van der Waals surface area contributed by atoms with Crippen LogP contribution in [-0.4, -0.2) is 44.7 Å². The van der Waals surface area contributed by atoms with Gasteiger partial charge in [-0.3, -0.25) is 14.5 Å². The maximum atomic E-state index is 14.0. The van der Waals surface area contributed by atoms with Crippen LogP contribution in [0.25, 0.3) is 11.6 Å². The number of carbonyl (C=O) groups is 2. The summed E-state index contributed by atoms with van der Waals surface area (Å²) < 4.78 is 11.2. The number of anilines is 1. The minimum Gasteiger partial charge on any atom is -0.495 e. The van der Waals surface area contributed by atoms with Gasteiger partial charge in [-0.2, -0.15) is 4.80 Å². The van der Waals surface area contributed by atoms with E-state index in [0.29, 0.717) is 27.8 Å². The van der Waals surface area contributed by atoms with Crippen LogP contribution in [0.2, 0.25) is 0 Å². The van der Waals surface area contributed by atoms with E-state index >= 15 is 0 Å². The van der Waals surface area contributed by atoms with Crippen molar-refractivity contribution in [2.24, 2.45) is 0 Å². The van der Waals surface area contributed by atoms with Gasteiger partial charge < -0.3 is 14.5 Å². The number of nitrogens with zero attached hydrogens (tertiary/aromatic N) is 5. The number of thiophene rings is 1.